The Bertz CT molecular complexity index is 990. The Balaban J connectivity index is 1.49. The normalized spacial score (nSPS) is 13.8. The third-order valence-corrected chi connectivity index (χ3v) is 6.94. The summed E-state index contributed by atoms with van der Waals surface area (Å²) in [4.78, 5) is 19.9. The summed E-state index contributed by atoms with van der Waals surface area (Å²) >= 11 is 3.28. The highest BCUT2D eigenvalue weighted by molar-refractivity contribution is 7.99. The lowest BCUT2D eigenvalue weighted by molar-refractivity contribution is 0.343. The number of nitrogens with zero attached hydrogens (tertiary/aromatic N) is 2. The molecule has 26 heavy (non-hydrogen) atoms. The summed E-state index contributed by atoms with van der Waals surface area (Å²) in [6.07, 6.45) is 4.50. The summed E-state index contributed by atoms with van der Waals surface area (Å²) < 4.78 is 7.47. The van der Waals surface area contributed by atoms with Crippen molar-refractivity contribution in [2.45, 2.75) is 37.8 Å². The fourth-order valence-corrected chi connectivity index (χ4v) is 5.41. The molecule has 0 radical (unpaired) electrons. The van der Waals surface area contributed by atoms with Gasteiger partial charge in [-0.1, -0.05) is 29.5 Å². The van der Waals surface area contributed by atoms with Crippen molar-refractivity contribution in [3.8, 4) is 5.75 Å². The highest BCUT2D eigenvalue weighted by Crippen LogP contribution is 2.34. The zero-order valence-electron chi connectivity index (χ0n) is 15.1. The number of thioether (sulfide) groups is 1. The van der Waals surface area contributed by atoms with Crippen LogP contribution in [0.2, 0.25) is 0 Å². The maximum atomic E-state index is 12.9. The summed E-state index contributed by atoms with van der Waals surface area (Å²) in [6.45, 7) is 2.65. The van der Waals surface area contributed by atoms with Gasteiger partial charge >= 0.3 is 0 Å². The van der Waals surface area contributed by atoms with Gasteiger partial charge in [-0.2, -0.15) is 0 Å². The molecule has 0 saturated heterocycles. The number of ether oxygens (including phenoxy) is 1. The van der Waals surface area contributed by atoms with Crippen LogP contribution in [0, 0.1) is 6.92 Å². The van der Waals surface area contributed by atoms with Gasteiger partial charge in [0.25, 0.3) is 5.56 Å². The van der Waals surface area contributed by atoms with E-state index in [0.717, 1.165) is 39.7 Å². The topological polar surface area (TPSA) is 44.1 Å². The Morgan fingerprint density at radius 2 is 2.00 bits per heavy atom. The van der Waals surface area contributed by atoms with Crippen molar-refractivity contribution in [1.82, 2.24) is 9.55 Å². The second-order valence-electron chi connectivity index (χ2n) is 6.66. The van der Waals surface area contributed by atoms with Crippen LogP contribution in [0.25, 0.3) is 10.2 Å². The molecule has 0 fully saturated rings. The average molecular weight is 387 g/mol. The molecule has 0 N–H and O–H groups in total. The van der Waals surface area contributed by atoms with Crippen LogP contribution >= 0.6 is 23.1 Å². The molecule has 136 valence electrons. The number of aromatic nitrogens is 2. The standard InChI is InChI=1S/C20H22N2O2S2/c1-13-7-9-14(10-8-13)24-11-12-25-20-21-18-17(19(23)22(20)2)15-5-3-4-6-16(15)26-18/h7-10H,3-6,11-12H2,1-2H3. The van der Waals surface area contributed by atoms with Gasteiger partial charge in [-0.25, -0.2) is 4.98 Å². The van der Waals surface area contributed by atoms with Crippen LogP contribution in [-0.2, 0) is 19.9 Å². The molecule has 2 aromatic heterocycles. The molecule has 0 bridgehead atoms. The highest BCUT2D eigenvalue weighted by atomic mass is 32.2. The Kier molecular flexibility index (Phi) is 5.05. The Morgan fingerprint density at radius 3 is 2.81 bits per heavy atom. The van der Waals surface area contributed by atoms with E-state index in [9.17, 15) is 4.79 Å². The van der Waals surface area contributed by atoms with Gasteiger partial charge < -0.3 is 4.74 Å². The van der Waals surface area contributed by atoms with Crippen molar-refractivity contribution in [3.63, 3.8) is 0 Å². The Hall–Kier alpha value is -1.79. The molecule has 0 saturated carbocycles. The zero-order chi connectivity index (χ0) is 18.1. The predicted octanol–water partition coefficient (Wildman–Crippen LogP) is 4.35. The molecular formula is C20H22N2O2S2. The van der Waals surface area contributed by atoms with E-state index >= 15 is 0 Å². The second kappa shape index (κ2) is 7.45. The van der Waals surface area contributed by atoms with Crippen molar-refractivity contribution in [2.24, 2.45) is 7.05 Å². The van der Waals surface area contributed by atoms with E-state index in [1.54, 1.807) is 27.7 Å². The zero-order valence-corrected chi connectivity index (χ0v) is 16.7. The van der Waals surface area contributed by atoms with Gasteiger partial charge in [-0.15, -0.1) is 11.3 Å². The van der Waals surface area contributed by atoms with Crippen molar-refractivity contribution >= 4 is 33.3 Å². The Morgan fingerprint density at radius 1 is 1.23 bits per heavy atom. The number of aryl methyl sites for hydroxylation is 3. The quantitative estimate of drug-likeness (QED) is 0.371. The molecule has 1 aromatic carbocycles. The van der Waals surface area contributed by atoms with E-state index in [4.69, 9.17) is 9.72 Å². The fourth-order valence-electron chi connectivity index (χ4n) is 3.32. The third-order valence-electron chi connectivity index (χ3n) is 4.76. The minimum Gasteiger partial charge on any atom is -0.493 e. The highest BCUT2D eigenvalue weighted by Gasteiger charge is 2.21. The van der Waals surface area contributed by atoms with Crippen molar-refractivity contribution in [2.75, 3.05) is 12.4 Å². The molecule has 4 nitrogen and oxygen atoms in total. The van der Waals surface area contributed by atoms with E-state index in [1.165, 1.54) is 28.8 Å². The number of hydrogen-bond acceptors (Lipinski definition) is 5. The Labute approximate surface area is 161 Å². The maximum Gasteiger partial charge on any atom is 0.262 e. The lowest BCUT2D eigenvalue weighted by Crippen LogP contribution is -2.21. The van der Waals surface area contributed by atoms with Crippen LogP contribution in [0.15, 0.2) is 34.2 Å². The minimum absolute atomic E-state index is 0.0938. The SMILES string of the molecule is Cc1ccc(OCCSc2nc3sc4c(c3c(=O)n2C)CCCC4)cc1. The first kappa shape index (κ1) is 17.6. The predicted molar refractivity (Wildman–Crippen MR) is 109 cm³/mol. The van der Waals surface area contributed by atoms with Gasteiger partial charge in [0.15, 0.2) is 5.16 Å². The smallest absolute Gasteiger partial charge is 0.262 e. The van der Waals surface area contributed by atoms with E-state index in [1.807, 2.05) is 31.3 Å². The summed E-state index contributed by atoms with van der Waals surface area (Å²) in [6, 6.07) is 8.05. The fraction of sp³-hybridized carbons (Fsp3) is 0.400. The van der Waals surface area contributed by atoms with Gasteiger partial charge in [0, 0.05) is 17.7 Å². The van der Waals surface area contributed by atoms with Gasteiger partial charge in [0.1, 0.15) is 10.6 Å². The van der Waals surface area contributed by atoms with Gasteiger partial charge in [0.05, 0.1) is 12.0 Å². The minimum atomic E-state index is 0.0938. The molecule has 0 atom stereocenters. The molecular weight excluding hydrogens is 364 g/mol. The summed E-state index contributed by atoms with van der Waals surface area (Å²) in [5, 5.41) is 1.63. The van der Waals surface area contributed by atoms with E-state index in [2.05, 4.69) is 6.92 Å². The molecule has 1 aliphatic rings. The molecule has 4 rings (SSSR count). The first-order valence-electron chi connectivity index (χ1n) is 8.97. The van der Waals surface area contributed by atoms with Crippen molar-refractivity contribution in [1.29, 1.82) is 0 Å². The molecule has 0 amide bonds. The van der Waals surface area contributed by atoms with E-state index < -0.39 is 0 Å². The van der Waals surface area contributed by atoms with Crippen molar-refractivity contribution < 1.29 is 4.74 Å². The van der Waals surface area contributed by atoms with Gasteiger partial charge in [0.2, 0.25) is 0 Å². The van der Waals surface area contributed by atoms with Crippen LogP contribution in [0.4, 0.5) is 0 Å². The number of benzene rings is 1. The van der Waals surface area contributed by atoms with E-state index in [-0.39, 0.29) is 5.56 Å². The molecule has 2 heterocycles. The largest absolute Gasteiger partial charge is 0.493 e. The monoisotopic (exact) mass is 386 g/mol. The summed E-state index contributed by atoms with van der Waals surface area (Å²) in [7, 11) is 1.82. The lowest BCUT2D eigenvalue weighted by Gasteiger charge is -2.11. The molecule has 0 unspecified atom stereocenters. The van der Waals surface area contributed by atoms with Crippen LogP contribution in [0.1, 0.15) is 28.8 Å². The van der Waals surface area contributed by atoms with Crippen LogP contribution < -0.4 is 10.3 Å². The van der Waals surface area contributed by atoms with Gasteiger partial charge in [-0.05, 0) is 50.3 Å². The lowest BCUT2D eigenvalue weighted by atomic mass is 9.97. The van der Waals surface area contributed by atoms with Crippen LogP contribution in [-0.4, -0.2) is 21.9 Å². The average Bonchev–Trinajstić information content (AvgIpc) is 3.02. The second-order valence-corrected chi connectivity index (χ2v) is 8.81. The number of hydrogen-bond donors (Lipinski definition) is 0. The molecule has 3 aromatic rings. The molecule has 0 aliphatic heterocycles. The summed E-state index contributed by atoms with van der Waals surface area (Å²) in [5.41, 5.74) is 2.57. The molecule has 1 aliphatic carbocycles. The van der Waals surface area contributed by atoms with Crippen LogP contribution in [0.5, 0.6) is 5.75 Å². The summed E-state index contributed by atoms with van der Waals surface area (Å²) in [5.74, 6) is 1.63. The first-order chi connectivity index (χ1) is 12.6. The van der Waals surface area contributed by atoms with E-state index in [0.29, 0.717) is 6.61 Å². The van der Waals surface area contributed by atoms with Gasteiger partial charge in [-0.3, -0.25) is 9.36 Å². The van der Waals surface area contributed by atoms with Crippen molar-refractivity contribution in [3.05, 3.63) is 50.6 Å². The number of rotatable bonds is 5. The molecule has 0 spiro atoms. The molecule has 6 heteroatoms. The number of thiophene rings is 1. The van der Waals surface area contributed by atoms with Crippen LogP contribution in [0.3, 0.4) is 0 Å². The maximum absolute atomic E-state index is 12.9. The first-order valence-corrected chi connectivity index (χ1v) is 10.8. The third kappa shape index (κ3) is 3.40. The number of fused-ring (bicyclic) bond motifs is 3.